The molecule has 0 radical (unpaired) electrons. The van der Waals surface area contributed by atoms with Gasteiger partial charge >= 0.3 is 5.97 Å². The summed E-state index contributed by atoms with van der Waals surface area (Å²) in [7, 11) is -2.54. The van der Waals surface area contributed by atoms with Crippen LogP contribution in [-0.4, -0.2) is 52.5 Å². The van der Waals surface area contributed by atoms with E-state index in [1.807, 2.05) is 32.9 Å². The van der Waals surface area contributed by atoms with Crippen LogP contribution in [0.25, 0.3) is 0 Å². The summed E-state index contributed by atoms with van der Waals surface area (Å²) in [6, 6.07) is 8.24. The van der Waals surface area contributed by atoms with Crippen molar-refractivity contribution in [3.8, 4) is 5.75 Å². The molecule has 0 heterocycles. The van der Waals surface area contributed by atoms with E-state index in [-0.39, 0.29) is 11.4 Å². The third kappa shape index (κ3) is 7.56. The maximum atomic E-state index is 12.4. The van der Waals surface area contributed by atoms with E-state index >= 15 is 0 Å². The average Bonchev–Trinajstić information content (AvgIpc) is 2.78. The van der Waals surface area contributed by atoms with Crippen molar-refractivity contribution < 1.29 is 32.3 Å². The summed E-state index contributed by atoms with van der Waals surface area (Å²) < 4.78 is 36.8. The van der Waals surface area contributed by atoms with Crippen LogP contribution in [0.1, 0.15) is 23.6 Å². The number of hydrogen-bond donors (Lipinski definition) is 3. The maximum Gasteiger partial charge on any atom is 0.324 e. The molecule has 184 valence electrons. The molecule has 10 nitrogen and oxygen atoms in total. The van der Waals surface area contributed by atoms with Crippen molar-refractivity contribution in [1.82, 2.24) is 10.0 Å². The molecule has 0 bridgehead atoms. The number of ether oxygens (including phenoxy) is 2. The standard InChI is InChI=1S/C23H29N3O7S/c1-14-10-15(2)22(16(3)11-14)25-20(27)12-24-21(28)13-33-23(29)17(4)26-34(30,31)19-8-6-18(32-5)7-9-19/h6-11,17,26H,12-13H2,1-5H3,(H,24,28)(H,25,27). The Bertz CT molecular complexity index is 1140. The highest BCUT2D eigenvalue weighted by atomic mass is 32.2. The Hall–Kier alpha value is -3.44. The Kier molecular flexibility index (Phi) is 9.16. The first kappa shape index (κ1) is 26.8. The Morgan fingerprint density at radius 3 is 2.12 bits per heavy atom. The summed E-state index contributed by atoms with van der Waals surface area (Å²) in [6.45, 7) is 6.01. The number of esters is 1. The lowest BCUT2D eigenvalue weighted by atomic mass is 10.1. The van der Waals surface area contributed by atoms with Crippen LogP contribution in [0.2, 0.25) is 0 Å². The fourth-order valence-corrected chi connectivity index (χ4v) is 4.35. The fraction of sp³-hybridized carbons (Fsp3) is 0.348. The second kappa shape index (κ2) is 11.6. The number of benzene rings is 2. The van der Waals surface area contributed by atoms with Gasteiger partial charge in [0.2, 0.25) is 15.9 Å². The summed E-state index contributed by atoms with van der Waals surface area (Å²) in [5.74, 6) is -1.60. The molecule has 34 heavy (non-hydrogen) atoms. The molecule has 0 saturated heterocycles. The largest absolute Gasteiger partial charge is 0.497 e. The van der Waals surface area contributed by atoms with Crippen molar-refractivity contribution in [2.45, 2.75) is 38.6 Å². The molecule has 0 fully saturated rings. The van der Waals surface area contributed by atoms with Gasteiger partial charge in [-0.15, -0.1) is 0 Å². The minimum absolute atomic E-state index is 0.0595. The van der Waals surface area contributed by atoms with Gasteiger partial charge in [-0.2, -0.15) is 4.72 Å². The Labute approximate surface area is 199 Å². The number of aryl methyl sites for hydroxylation is 3. The summed E-state index contributed by atoms with van der Waals surface area (Å²) in [4.78, 5) is 36.2. The lowest BCUT2D eigenvalue weighted by Gasteiger charge is -2.14. The van der Waals surface area contributed by atoms with Crippen molar-refractivity contribution in [3.63, 3.8) is 0 Å². The third-order valence-electron chi connectivity index (χ3n) is 4.79. The second-order valence-electron chi connectivity index (χ2n) is 7.72. The fourth-order valence-electron chi connectivity index (χ4n) is 3.16. The first-order valence-corrected chi connectivity index (χ1v) is 11.9. The Morgan fingerprint density at radius 2 is 1.56 bits per heavy atom. The molecular weight excluding hydrogens is 462 g/mol. The van der Waals surface area contributed by atoms with E-state index in [0.29, 0.717) is 11.4 Å². The van der Waals surface area contributed by atoms with Crippen LogP contribution in [0.3, 0.4) is 0 Å². The van der Waals surface area contributed by atoms with Crippen LogP contribution >= 0.6 is 0 Å². The smallest absolute Gasteiger partial charge is 0.324 e. The van der Waals surface area contributed by atoms with Gasteiger partial charge < -0.3 is 20.1 Å². The van der Waals surface area contributed by atoms with Gasteiger partial charge in [0, 0.05) is 5.69 Å². The molecule has 3 N–H and O–H groups in total. The quantitative estimate of drug-likeness (QED) is 0.429. The molecule has 1 unspecified atom stereocenters. The molecule has 0 aromatic heterocycles. The number of nitrogens with one attached hydrogen (secondary N) is 3. The predicted octanol–water partition coefficient (Wildman–Crippen LogP) is 1.59. The summed E-state index contributed by atoms with van der Waals surface area (Å²) >= 11 is 0. The summed E-state index contributed by atoms with van der Waals surface area (Å²) in [5.41, 5.74) is 3.55. The number of carbonyl (C=O) groups is 3. The van der Waals surface area contributed by atoms with Gasteiger partial charge in [0.1, 0.15) is 11.8 Å². The molecule has 2 amide bonds. The van der Waals surface area contributed by atoms with Crippen molar-refractivity contribution in [3.05, 3.63) is 53.1 Å². The molecule has 2 aromatic carbocycles. The number of sulfonamides is 1. The zero-order valence-electron chi connectivity index (χ0n) is 19.7. The number of amides is 2. The van der Waals surface area contributed by atoms with Crippen molar-refractivity contribution in [1.29, 1.82) is 0 Å². The van der Waals surface area contributed by atoms with Crippen molar-refractivity contribution in [2.75, 3.05) is 25.6 Å². The van der Waals surface area contributed by atoms with Crippen LogP contribution in [0.4, 0.5) is 5.69 Å². The number of hydrogen-bond acceptors (Lipinski definition) is 7. The van der Waals surface area contributed by atoms with Crippen LogP contribution in [-0.2, 0) is 29.1 Å². The molecule has 0 aliphatic rings. The van der Waals surface area contributed by atoms with Crippen molar-refractivity contribution >= 4 is 33.5 Å². The molecule has 0 aliphatic heterocycles. The number of rotatable bonds is 10. The topological polar surface area (TPSA) is 140 Å². The minimum Gasteiger partial charge on any atom is -0.497 e. The molecule has 0 aliphatic carbocycles. The van der Waals surface area contributed by atoms with Gasteiger partial charge in [-0.3, -0.25) is 14.4 Å². The van der Waals surface area contributed by atoms with E-state index < -0.39 is 40.5 Å². The van der Waals surface area contributed by atoms with Gasteiger partial charge in [0.15, 0.2) is 6.61 Å². The van der Waals surface area contributed by atoms with Gasteiger partial charge in [-0.1, -0.05) is 17.7 Å². The highest BCUT2D eigenvalue weighted by Gasteiger charge is 2.24. The molecule has 2 aromatic rings. The first-order chi connectivity index (χ1) is 15.9. The van der Waals surface area contributed by atoms with E-state index in [0.717, 1.165) is 16.7 Å². The molecule has 0 saturated carbocycles. The first-order valence-electron chi connectivity index (χ1n) is 10.4. The Morgan fingerprint density at radius 1 is 0.971 bits per heavy atom. The maximum absolute atomic E-state index is 12.4. The molecule has 1 atom stereocenters. The monoisotopic (exact) mass is 491 g/mol. The SMILES string of the molecule is COc1ccc(S(=O)(=O)NC(C)C(=O)OCC(=O)NCC(=O)Nc2c(C)cc(C)cc2C)cc1. The number of methoxy groups -OCH3 is 1. The second-order valence-corrected chi connectivity index (χ2v) is 9.44. The van der Waals surface area contributed by atoms with Crippen molar-refractivity contribution in [2.24, 2.45) is 0 Å². The van der Waals surface area contributed by atoms with Gasteiger partial charge in [-0.05, 0) is 63.1 Å². The van der Waals surface area contributed by atoms with E-state index in [1.165, 1.54) is 38.3 Å². The van der Waals surface area contributed by atoms with E-state index in [9.17, 15) is 22.8 Å². The molecular formula is C23H29N3O7S. The van der Waals surface area contributed by atoms with E-state index in [1.54, 1.807) is 0 Å². The van der Waals surface area contributed by atoms with Crippen LogP contribution in [0, 0.1) is 20.8 Å². The van der Waals surface area contributed by atoms with Gasteiger partial charge in [0.05, 0.1) is 18.6 Å². The molecule has 11 heteroatoms. The zero-order chi connectivity index (χ0) is 25.5. The average molecular weight is 492 g/mol. The van der Waals surface area contributed by atoms with Crippen LogP contribution in [0.15, 0.2) is 41.3 Å². The predicted molar refractivity (Wildman–Crippen MR) is 126 cm³/mol. The minimum atomic E-state index is -3.99. The molecule has 0 spiro atoms. The lowest BCUT2D eigenvalue weighted by molar-refractivity contribution is -0.149. The highest BCUT2D eigenvalue weighted by Crippen LogP contribution is 2.21. The van der Waals surface area contributed by atoms with Gasteiger partial charge in [0.25, 0.3) is 5.91 Å². The van der Waals surface area contributed by atoms with Crippen LogP contribution < -0.4 is 20.1 Å². The normalized spacial score (nSPS) is 11.9. The molecule has 2 rings (SSSR count). The van der Waals surface area contributed by atoms with E-state index in [2.05, 4.69) is 15.4 Å². The zero-order valence-corrected chi connectivity index (χ0v) is 20.5. The van der Waals surface area contributed by atoms with Gasteiger partial charge in [-0.25, -0.2) is 8.42 Å². The third-order valence-corrected chi connectivity index (χ3v) is 6.34. The lowest BCUT2D eigenvalue weighted by Crippen LogP contribution is -2.41. The Balaban J connectivity index is 1.80. The number of anilines is 1. The highest BCUT2D eigenvalue weighted by molar-refractivity contribution is 7.89. The number of carbonyl (C=O) groups excluding carboxylic acids is 3. The van der Waals surface area contributed by atoms with E-state index in [4.69, 9.17) is 9.47 Å². The van der Waals surface area contributed by atoms with Crippen LogP contribution in [0.5, 0.6) is 5.75 Å². The summed E-state index contributed by atoms with van der Waals surface area (Å²) in [6.07, 6.45) is 0. The summed E-state index contributed by atoms with van der Waals surface area (Å²) in [5, 5.41) is 5.10.